The number of piperidine rings is 1. The predicted molar refractivity (Wildman–Crippen MR) is 90.1 cm³/mol. The minimum Gasteiger partial charge on any atom is -0.460 e. The molecule has 25 heavy (non-hydrogen) atoms. The van der Waals surface area contributed by atoms with E-state index in [9.17, 15) is 9.59 Å². The third kappa shape index (κ3) is 2.63. The molecular formula is C17H19N5O3. The van der Waals surface area contributed by atoms with Crippen LogP contribution in [0, 0.1) is 6.92 Å². The first-order valence-corrected chi connectivity index (χ1v) is 8.26. The van der Waals surface area contributed by atoms with Crippen molar-refractivity contribution in [1.82, 2.24) is 20.4 Å². The lowest BCUT2D eigenvalue weighted by Crippen LogP contribution is -2.50. The van der Waals surface area contributed by atoms with Gasteiger partial charge in [0.1, 0.15) is 22.8 Å². The number of carbonyl (C=O) groups excluding carboxylic acids is 2. The minimum absolute atomic E-state index is 0.0626. The zero-order chi connectivity index (χ0) is 17.6. The van der Waals surface area contributed by atoms with E-state index >= 15 is 0 Å². The fourth-order valence-electron chi connectivity index (χ4n) is 3.40. The van der Waals surface area contributed by atoms with Gasteiger partial charge in [-0.1, -0.05) is 0 Å². The molecule has 2 aromatic rings. The van der Waals surface area contributed by atoms with E-state index in [-0.39, 0.29) is 11.8 Å². The molecule has 2 aromatic heterocycles. The van der Waals surface area contributed by atoms with Gasteiger partial charge in [-0.3, -0.25) is 19.7 Å². The molecule has 130 valence electrons. The van der Waals surface area contributed by atoms with Crippen molar-refractivity contribution in [3.05, 3.63) is 29.7 Å². The minimum atomic E-state index is -0.705. The Kier molecular flexibility index (Phi) is 3.48. The van der Waals surface area contributed by atoms with Crippen LogP contribution in [0.1, 0.15) is 36.0 Å². The number of furan rings is 1. The van der Waals surface area contributed by atoms with Gasteiger partial charge in [-0.05, 0) is 38.8 Å². The van der Waals surface area contributed by atoms with Crippen LogP contribution in [0.15, 0.2) is 27.6 Å². The summed E-state index contributed by atoms with van der Waals surface area (Å²) in [5, 5.41) is 9.71. The molecule has 1 saturated heterocycles. The highest BCUT2D eigenvalue weighted by Crippen LogP contribution is 2.30. The van der Waals surface area contributed by atoms with Crippen LogP contribution in [0.25, 0.3) is 11.5 Å². The first-order chi connectivity index (χ1) is 12.0. The van der Waals surface area contributed by atoms with Crippen LogP contribution < -0.4 is 5.32 Å². The number of carbonyl (C=O) groups is 2. The standard InChI is InChI=1S/C17H19N5O3/c1-10-3-4-14(25-10)12-9-13(21-20-12)15(23)22-7-5-17(6-8-22)16(24)18-11(2)19-17/h3-4,9H,5-8H2,1-2H3,(H,20,21)(H,18,19,24). The molecule has 4 rings (SSSR count). The van der Waals surface area contributed by atoms with E-state index in [0.29, 0.717) is 48.9 Å². The Hall–Kier alpha value is -2.90. The summed E-state index contributed by atoms with van der Waals surface area (Å²) in [6.07, 6.45) is 1.05. The molecule has 0 aromatic carbocycles. The first-order valence-electron chi connectivity index (χ1n) is 8.26. The number of aromatic amines is 1. The Bertz CT molecular complexity index is 870. The van der Waals surface area contributed by atoms with Crippen molar-refractivity contribution in [1.29, 1.82) is 0 Å². The molecule has 4 heterocycles. The van der Waals surface area contributed by atoms with Crippen molar-refractivity contribution in [3.63, 3.8) is 0 Å². The van der Waals surface area contributed by atoms with Crippen molar-refractivity contribution < 1.29 is 14.0 Å². The zero-order valence-corrected chi connectivity index (χ0v) is 14.1. The first kappa shape index (κ1) is 15.6. The van der Waals surface area contributed by atoms with Gasteiger partial charge in [-0.15, -0.1) is 0 Å². The zero-order valence-electron chi connectivity index (χ0n) is 14.1. The van der Waals surface area contributed by atoms with Crippen LogP contribution in [0.4, 0.5) is 0 Å². The summed E-state index contributed by atoms with van der Waals surface area (Å²) >= 11 is 0. The van der Waals surface area contributed by atoms with Crippen LogP contribution in [0.5, 0.6) is 0 Å². The van der Waals surface area contributed by atoms with Crippen molar-refractivity contribution in [2.24, 2.45) is 4.99 Å². The van der Waals surface area contributed by atoms with Gasteiger partial charge in [0.15, 0.2) is 11.5 Å². The van der Waals surface area contributed by atoms with E-state index in [0.717, 1.165) is 5.76 Å². The summed E-state index contributed by atoms with van der Waals surface area (Å²) < 4.78 is 5.54. The molecule has 1 spiro atoms. The number of rotatable bonds is 2. The lowest BCUT2D eigenvalue weighted by molar-refractivity contribution is -0.125. The molecule has 8 nitrogen and oxygen atoms in total. The van der Waals surface area contributed by atoms with Gasteiger partial charge < -0.3 is 14.6 Å². The maximum atomic E-state index is 12.7. The van der Waals surface area contributed by atoms with Gasteiger partial charge in [0.05, 0.1) is 0 Å². The van der Waals surface area contributed by atoms with Crippen molar-refractivity contribution in [2.75, 3.05) is 13.1 Å². The maximum Gasteiger partial charge on any atom is 0.274 e. The second kappa shape index (κ2) is 5.58. The summed E-state index contributed by atoms with van der Waals surface area (Å²) in [4.78, 5) is 31.0. The second-order valence-electron chi connectivity index (χ2n) is 6.55. The third-order valence-electron chi connectivity index (χ3n) is 4.78. The summed E-state index contributed by atoms with van der Waals surface area (Å²) in [5.41, 5.74) is 0.305. The van der Waals surface area contributed by atoms with Gasteiger partial charge in [0.2, 0.25) is 0 Å². The predicted octanol–water partition coefficient (Wildman–Crippen LogP) is 1.50. The highest BCUT2D eigenvalue weighted by molar-refractivity contribution is 6.07. The summed E-state index contributed by atoms with van der Waals surface area (Å²) in [5.74, 6) is 1.88. The highest BCUT2D eigenvalue weighted by Gasteiger charge is 2.45. The SMILES string of the molecule is CC1=NC2(CCN(C(=O)c3cc(-c4ccc(C)o4)[nH]n3)CC2)C(=O)N1. The molecule has 0 unspecified atom stereocenters. The van der Waals surface area contributed by atoms with Crippen molar-refractivity contribution in [2.45, 2.75) is 32.2 Å². The summed E-state index contributed by atoms with van der Waals surface area (Å²) in [6, 6.07) is 5.38. The Morgan fingerprint density at radius 3 is 2.64 bits per heavy atom. The van der Waals surface area contributed by atoms with Gasteiger partial charge in [0, 0.05) is 19.2 Å². The number of H-pyrrole nitrogens is 1. The lowest BCUT2D eigenvalue weighted by atomic mass is 9.88. The monoisotopic (exact) mass is 341 g/mol. The van der Waals surface area contributed by atoms with E-state index in [1.54, 1.807) is 17.9 Å². The maximum absolute atomic E-state index is 12.7. The normalized spacial score (nSPS) is 19.2. The average Bonchev–Trinajstić information content (AvgIpc) is 3.28. The van der Waals surface area contributed by atoms with E-state index < -0.39 is 5.54 Å². The molecule has 0 aliphatic carbocycles. The fraction of sp³-hybridized carbons (Fsp3) is 0.412. The van der Waals surface area contributed by atoms with Gasteiger partial charge in [-0.25, -0.2) is 0 Å². The molecular weight excluding hydrogens is 322 g/mol. The number of aryl methyl sites for hydroxylation is 1. The number of nitrogens with zero attached hydrogens (tertiary/aromatic N) is 3. The van der Waals surface area contributed by atoms with Crippen LogP contribution >= 0.6 is 0 Å². The van der Waals surface area contributed by atoms with E-state index in [4.69, 9.17) is 4.42 Å². The number of aliphatic imine (C=N–C) groups is 1. The number of amides is 2. The summed E-state index contributed by atoms with van der Waals surface area (Å²) in [7, 11) is 0. The van der Waals surface area contributed by atoms with Gasteiger partial charge >= 0.3 is 0 Å². The van der Waals surface area contributed by atoms with Gasteiger partial charge in [0.25, 0.3) is 11.8 Å². The second-order valence-corrected chi connectivity index (χ2v) is 6.55. The van der Waals surface area contributed by atoms with Crippen LogP contribution in [-0.2, 0) is 4.79 Å². The van der Waals surface area contributed by atoms with Crippen LogP contribution in [0.3, 0.4) is 0 Å². The third-order valence-corrected chi connectivity index (χ3v) is 4.78. The number of amidine groups is 1. The molecule has 2 N–H and O–H groups in total. The number of likely N-dealkylation sites (tertiary alicyclic amines) is 1. The largest absolute Gasteiger partial charge is 0.460 e. The quantitative estimate of drug-likeness (QED) is 0.864. The number of hydrogen-bond donors (Lipinski definition) is 2. The number of hydrogen-bond acceptors (Lipinski definition) is 5. The smallest absolute Gasteiger partial charge is 0.274 e. The Labute approximate surface area is 144 Å². The Balaban J connectivity index is 1.46. The van der Waals surface area contributed by atoms with E-state index in [2.05, 4.69) is 20.5 Å². The molecule has 2 aliphatic rings. The van der Waals surface area contributed by atoms with Crippen LogP contribution in [-0.4, -0.2) is 51.4 Å². The fourth-order valence-corrected chi connectivity index (χ4v) is 3.40. The number of aromatic nitrogens is 2. The average molecular weight is 341 g/mol. The van der Waals surface area contributed by atoms with Crippen molar-refractivity contribution in [3.8, 4) is 11.5 Å². The van der Waals surface area contributed by atoms with E-state index in [1.165, 1.54) is 0 Å². The molecule has 0 atom stereocenters. The Morgan fingerprint density at radius 1 is 1.28 bits per heavy atom. The van der Waals surface area contributed by atoms with Gasteiger partial charge in [-0.2, -0.15) is 5.10 Å². The molecule has 0 saturated carbocycles. The highest BCUT2D eigenvalue weighted by atomic mass is 16.3. The summed E-state index contributed by atoms with van der Waals surface area (Å²) in [6.45, 7) is 4.60. The molecule has 0 bridgehead atoms. The molecule has 8 heteroatoms. The molecule has 2 amide bonds. The Morgan fingerprint density at radius 2 is 2.04 bits per heavy atom. The molecule has 0 radical (unpaired) electrons. The van der Waals surface area contributed by atoms with Crippen molar-refractivity contribution >= 4 is 17.6 Å². The number of nitrogens with one attached hydrogen (secondary N) is 2. The molecule has 1 fully saturated rings. The van der Waals surface area contributed by atoms with Crippen LogP contribution in [0.2, 0.25) is 0 Å². The topological polar surface area (TPSA) is 104 Å². The molecule has 2 aliphatic heterocycles. The van der Waals surface area contributed by atoms with E-state index in [1.807, 2.05) is 19.1 Å². The lowest BCUT2D eigenvalue weighted by Gasteiger charge is -2.35.